The van der Waals surface area contributed by atoms with Crippen LogP contribution in [0.5, 0.6) is 0 Å². The van der Waals surface area contributed by atoms with Gasteiger partial charge in [-0.1, -0.05) is 30.3 Å². The molecule has 0 fully saturated rings. The topological polar surface area (TPSA) is 67.5 Å². The zero-order valence-electron chi connectivity index (χ0n) is 11.6. The molecule has 0 saturated heterocycles. The van der Waals surface area contributed by atoms with Gasteiger partial charge in [-0.05, 0) is 40.6 Å². The molecule has 0 aliphatic heterocycles. The van der Waals surface area contributed by atoms with Gasteiger partial charge in [0.15, 0.2) is 0 Å². The number of anilines is 1. The predicted molar refractivity (Wildman–Crippen MR) is 88.3 cm³/mol. The van der Waals surface area contributed by atoms with Crippen LogP contribution in [0, 0.1) is 10.1 Å². The van der Waals surface area contributed by atoms with Crippen LogP contribution >= 0.6 is 0 Å². The Balaban J connectivity index is 1.71. The van der Waals surface area contributed by atoms with Crippen LogP contribution in [-0.2, 0) is 0 Å². The summed E-state index contributed by atoms with van der Waals surface area (Å²) >= 11 is 0. The average Bonchev–Trinajstić information content (AvgIpc) is 2.55. The van der Waals surface area contributed by atoms with Crippen molar-refractivity contribution in [2.45, 2.75) is 0 Å². The van der Waals surface area contributed by atoms with E-state index in [1.54, 1.807) is 18.3 Å². The maximum atomic E-state index is 10.6. The first kappa shape index (κ1) is 13.8. The van der Waals surface area contributed by atoms with Crippen LogP contribution in [0.3, 0.4) is 0 Å². The Kier molecular flexibility index (Phi) is 3.78. The molecule has 0 bridgehead atoms. The number of fused-ring (bicyclic) bond motifs is 1. The lowest BCUT2D eigenvalue weighted by Gasteiger charge is -2.02. The van der Waals surface area contributed by atoms with Gasteiger partial charge in [-0.15, -0.1) is 0 Å². The second kappa shape index (κ2) is 6.05. The number of hydrogen-bond acceptors (Lipinski definition) is 4. The summed E-state index contributed by atoms with van der Waals surface area (Å²) in [5, 5.41) is 17.0. The van der Waals surface area contributed by atoms with Gasteiger partial charge in [-0.25, -0.2) is 0 Å². The number of rotatable bonds is 4. The van der Waals surface area contributed by atoms with Crippen LogP contribution in [0.25, 0.3) is 10.8 Å². The van der Waals surface area contributed by atoms with Crippen LogP contribution < -0.4 is 5.43 Å². The summed E-state index contributed by atoms with van der Waals surface area (Å²) in [5.41, 5.74) is 4.70. The molecule has 0 atom stereocenters. The fraction of sp³-hybridized carbons (Fsp3) is 0. The molecule has 5 nitrogen and oxygen atoms in total. The van der Waals surface area contributed by atoms with Crippen molar-refractivity contribution in [1.82, 2.24) is 0 Å². The number of nitrogens with one attached hydrogen (secondary N) is 1. The Morgan fingerprint density at radius 2 is 1.68 bits per heavy atom. The molecule has 0 radical (unpaired) electrons. The van der Waals surface area contributed by atoms with Gasteiger partial charge in [0.1, 0.15) is 0 Å². The SMILES string of the molecule is O=[N+]([O-])c1ccc(/C=N\Nc2ccc3ccccc3c2)cc1. The molecule has 0 aliphatic carbocycles. The molecule has 3 aromatic rings. The van der Waals surface area contributed by atoms with E-state index in [-0.39, 0.29) is 5.69 Å². The summed E-state index contributed by atoms with van der Waals surface area (Å²) in [4.78, 5) is 10.2. The molecule has 3 aromatic carbocycles. The average molecular weight is 291 g/mol. The second-order valence-corrected chi connectivity index (χ2v) is 4.78. The van der Waals surface area contributed by atoms with Gasteiger partial charge in [-0.3, -0.25) is 15.5 Å². The smallest absolute Gasteiger partial charge is 0.269 e. The zero-order valence-corrected chi connectivity index (χ0v) is 11.6. The molecule has 0 amide bonds. The molecule has 0 saturated carbocycles. The Morgan fingerprint density at radius 3 is 2.41 bits per heavy atom. The normalized spacial score (nSPS) is 10.9. The molecule has 0 spiro atoms. The molecule has 108 valence electrons. The van der Waals surface area contributed by atoms with Crippen molar-refractivity contribution >= 4 is 28.4 Å². The van der Waals surface area contributed by atoms with E-state index in [0.29, 0.717) is 0 Å². The third-order valence-corrected chi connectivity index (χ3v) is 3.26. The number of nitrogens with zero attached hydrogens (tertiary/aromatic N) is 2. The largest absolute Gasteiger partial charge is 0.278 e. The third-order valence-electron chi connectivity index (χ3n) is 3.26. The van der Waals surface area contributed by atoms with Crippen molar-refractivity contribution in [1.29, 1.82) is 0 Å². The molecule has 1 N–H and O–H groups in total. The van der Waals surface area contributed by atoms with Crippen molar-refractivity contribution in [3.05, 3.63) is 82.4 Å². The Hall–Kier alpha value is -3.21. The van der Waals surface area contributed by atoms with E-state index in [9.17, 15) is 10.1 Å². The zero-order chi connectivity index (χ0) is 15.4. The van der Waals surface area contributed by atoms with Gasteiger partial charge in [-0.2, -0.15) is 5.10 Å². The maximum absolute atomic E-state index is 10.6. The summed E-state index contributed by atoms with van der Waals surface area (Å²) < 4.78 is 0. The van der Waals surface area contributed by atoms with Crippen molar-refractivity contribution in [3.63, 3.8) is 0 Å². The second-order valence-electron chi connectivity index (χ2n) is 4.78. The lowest BCUT2D eigenvalue weighted by molar-refractivity contribution is -0.384. The fourth-order valence-electron chi connectivity index (χ4n) is 2.12. The van der Waals surface area contributed by atoms with Crippen molar-refractivity contribution in [2.24, 2.45) is 5.10 Å². The number of non-ortho nitro benzene ring substituents is 1. The van der Waals surface area contributed by atoms with Gasteiger partial charge < -0.3 is 0 Å². The molecular weight excluding hydrogens is 278 g/mol. The van der Waals surface area contributed by atoms with Gasteiger partial charge in [0.2, 0.25) is 0 Å². The highest BCUT2D eigenvalue weighted by molar-refractivity contribution is 5.86. The van der Waals surface area contributed by atoms with Gasteiger partial charge in [0.25, 0.3) is 5.69 Å². The molecule has 3 rings (SSSR count). The van der Waals surface area contributed by atoms with E-state index in [1.165, 1.54) is 17.5 Å². The van der Waals surface area contributed by atoms with Crippen LogP contribution in [0.2, 0.25) is 0 Å². The standard InChI is InChI=1S/C17H13N3O2/c21-20(22)17-9-5-13(6-10-17)12-18-19-16-8-7-14-3-1-2-4-15(14)11-16/h1-12,19H/b18-12-. The number of nitro benzene ring substituents is 1. The molecule has 0 unspecified atom stereocenters. The van der Waals surface area contributed by atoms with E-state index < -0.39 is 4.92 Å². The minimum atomic E-state index is -0.422. The first-order valence-corrected chi connectivity index (χ1v) is 6.75. The number of benzene rings is 3. The van der Waals surface area contributed by atoms with Crippen molar-refractivity contribution in [3.8, 4) is 0 Å². The molecule has 0 aromatic heterocycles. The van der Waals surface area contributed by atoms with Crippen LogP contribution in [0.1, 0.15) is 5.56 Å². The molecule has 0 heterocycles. The fourth-order valence-corrected chi connectivity index (χ4v) is 2.12. The Bertz CT molecular complexity index is 842. The van der Waals surface area contributed by atoms with E-state index in [1.807, 2.05) is 36.4 Å². The third kappa shape index (κ3) is 3.09. The van der Waals surface area contributed by atoms with E-state index in [2.05, 4.69) is 16.6 Å². The van der Waals surface area contributed by atoms with Crippen molar-refractivity contribution in [2.75, 3.05) is 5.43 Å². The predicted octanol–water partition coefficient (Wildman–Crippen LogP) is 4.19. The van der Waals surface area contributed by atoms with Crippen LogP contribution in [0.4, 0.5) is 11.4 Å². The first-order valence-electron chi connectivity index (χ1n) is 6.75. The van der Waals surface area contributed by atoms with Crippen LogP contribution in [-0.4, -0.2) is 11.1 Å². The van der Waals surface area contributed by atoms with E-state index >= 15 is 0 Å². The summed E-state index contributed by atoms with van der Waals surface area (Å²) in [6, 6.07) is 20.3. The lowest BCUT2D eigenvalue weighted by Crippen LogP contribution is -1.92. The molecule has 0 aliphatic rings. The number of hydrazone groups is 1. The van der Waals surface area contributed by atoms with Gasteiger partial charge in [0, 0.05) is 12.1 Å². The molecule has 22 heavy (non-hydrogen) atoms. The Labute approximate surface area is 127 Å². The number of hydrogen-bond donors (Lipinski definition) is 1. The summed E-state index contributed by atoms with van der Waals surface area (Å²) in [7, 11) is 0. The maximum Gasteiger partial charge on any atom is 0.269 e. The van der Waals surface area contributed by atoms with Crippen molar-refractivity contribution < 1.29 is 4.92 Å². The minimum absolute atomic E-state index is 0.0691. The van der Waals surface area contributed by atoms with Crippen LogP contribution in [0.15, 0.2) is 71.8 Å². The summed E-state index contributed by atoms with van der Waals surface area (Å²) in [6.45, 7) is 0. The first-order chi connectivity index (χ1) is 10.7. The number of nitro groups is 1. The summed E-state index contributed by atoms with van der Waals surface area (Å²) in [5.74, 6) is 0. The Morgan fingerprint density at radius 1 is 0.955 bits per heavy atom. The van der Waals surface area contributed by atoms with E-state index in [0.717, 1.165) is 16.6 Å². The monoisotopic (exact) mass is 291 g/mol. The van der Waals surface area contributed by atoms with E-state index in [4.69, 9.17) is 0 Å². The lowest BCUT2D eigenvalue weighted by atomic mass is 10.1. The molecule has 5 heteroatoms. The van der Waals surface area contributed by atoms with Gasteiger partial charge in [0.05, 0.1) is 16.8 Å². The molecular formula is C17H13N3O2. The minimum Gasteiger partial charge on any atom is -0.278 e. The quantitative estimate of drug-likeness (QED) is 0.445. The highest BCUT2D eigenvalue weighted by atomic mass is 16.6. The summed E-state index contributed by atoms with van der Waals surface area (Å²) in [6.07, 6.45) is 1.62. The highest BCUT2D eigenvalue weighted by Gasteiger charge is 2.02. The van der Waals surface area contributed by atoms with Gasteiger partial charge >= 0.3 is 0 Å². The highest BCUT2D eigenvalue weighted by Crippen LogP contribution is 2.18.